The molecular weight excluding hydrogens is 388 g/mol. The molecule has 6 nitrogen and oxygen atoms in total. The number of hydrogen-bond acceptors (Lipinski definition) is 5. The first-order chi connectivity index (χ1) is 15.1. The third kappa shape index (κ3) is 5.50. The van der Waals surface area contributed by atoms with E-state index in [0.717, 1.165) is 82.1 Å². The van der Waals surface area contributed by atoms with Crippen LogP contribution in [0.5, 0.6) is 5.75 Å². The molecule has 6 heteroatoms. The number of piperidine rings is 1. The monoisotopic (exact) mass is 422 g/mol. The topological polar surface area (TPSA) is 70.8 Å². The maximum absolute atomic E-state index is 12.7. The average Bonchev–Trinajstić information content (AvgIpc) is 2.81. The van der Waals surface area contributed by atoms with Crippen LogP contribution in [0.4, 0.5) is 11.4 Å². The Morgan fingerprint density at radius 3 is 2.81 bits per heavy atom. The van der Waals surface area contributed by atoms with Crippen molar-refractivity contribution in [3.8, 4) is 5.75 Å². The molecule has 4 rings (SSSR count). The van der Waals surface area contributed by atoms with Gasteiger partial charge in [-0.05, 0) is 73.2 Å². The number of hydrogen-bond donors (Lipinski definition) is 2. The molecule has 2 aliphatic heterocycles. The average molecular weight is 423 g/mol. The minimum Gasteiger partial charge on any atom is -0.497 e. The van der Waals surface area contributed by atoms with Gasteiger partial charge < -0.3 is 20.7 Å². The van der Waals surface area contributed by atoms with Crippen LogP contribution in [0.2, 0.25) is 0 Å². The van der Waals surface area contributed by atoms with Crippen molar-refractivity contribution in [1.82, 2.24) is 10.2 Å². The molecule has 1 fully saturated rings. The second-order valence-corrected chi connectivity index (χ2v) is 8.68. The molecule has 1 saturated heterocycles. The molecule has 0 saturated carbocycles. The van der Waals surface area contributed by atoms with Gasteiger partial charge in [0.05, 0.1) is 13.0 Å². The molecular formula is C25H34N4O2. The molecule has 0 bridgehead atoms. The summed E-state index contributed by atoms with van der Waals surface area (Å²) >= 11 is 0. The normalized spacial score (nSPS) is 19.0. The van der Waals surface area contributed by atoms with Gasteiger partial charge in [0, 0.05) is 50.6 Å². The maximum Gasteiger partial charge on any atom is 0.224 e. The van der Waals surface area contributed by atoms with Gasteiger partial charge in [-0.2, -0.15) is 0 Å². The van der Waals surface area contributed by atoms with Gasteiger partial charge in [0.2, 0.25) is 5.91 Å². The summed E-state index contributed by atoms with van der Waals surface area (Å²) in [5, 5.41) is 3.18. The van der Waals surface area contributed by atoms with E-state index in [2.05, 4.69) is 27.2 Å². The fourth-order valence-electron chi connectivity index (χ4n) is 4.68. The SMILES string of the molecule is COc1ccc2c(c1)CCN(CCCNC(=O)C1CCCN(c3ccc(N)cc3)C1)C2. The summed E-state index contributed by atoms with van der Waals surface area (Å²) in [6, 6.07) is 14.3. The molecule has 1 atom stereocenters. The first-order valence-corrected chi connectivity index (χ1v) is 11.4. The molecule has 0 aromatic heterocycles. The maximum atomic E-state index is 12.7. The Morgan fingerprint density at radius 1 is 1.16 bits per heavy atom. The molecule has 2 aromatic carbocycles. The number of rotatable bonds is 7. The van der Waals surface area contributed by atoms with Gasteiger partial charge in [-0.15, -0.1) is 0 Å². The highest BCUT2D eigenvalue weighted by Crippen LogP contribution is 2.25. The Morgan fingerprint density at radius 2 is 2.00 bits per heavy atom. The van der Waals surface area contributed by atoms with Gasteiger partial charge in [0.1, 0.15) is 5.75 Å². The lowest BCUT2D eigenvalue weighted by molar-refractivity contribution is -0.125. The molecule has 0 spiro atoms. The second-order valence-electron chi connectivity index (χ2n) is 8.68. The van der Waals surface area contributed by atoms with Crippen molar-refractivity contribution in [2.45, 2.75) is 32.2 Å². The largest absolute Gasteiger partial charge is 0.497 e. The zero-order valence-corrected chi connectivity index (χ0v) is 18.5. The van der Waals surface area contributed by atoms with Crippen molar-refractivity contribution < 1.29 is 9.53 Å². The fourth-order valence-corrected chi connectivity index (χ4v) is 4.68. The molecule has 31 heavy (non-hydrogen) atoms. The van der Waals surface area contributed by atoms with Gasteiger partial charge >= 0.3 is 0 Å². The Kier molecular flexibility index (Phi) is 6.97. The van der Waals surface area contributed by atoms with Crippen molar-refractivity contribution in [3.63, 3.8) is 0 Å². The molecule has 2 aliphatic rings. The lowest BCUT2D eigenvalue weighted by Crippen LogP contribution is -2.43. The summed E-state index contributed by atoms with van der Waals surface area (Å²) in [6.45, 7) is 5.56. The van der Waals surface area contributed by atoms with Crippen molar-refractivity contribution >= 4 is 17.3 Å². The molecule has 0 aliphatic carbocycles. The lowest BCUT2D eigenvalue weighted by Gasteiger charge is -2.34. The van der Waals surface area contributed by atoms with Gasteiger partial charge in [-0.3, -0.25) is 9.69 Å². The number of nitrogens with zero attached hydrogens (tertiary/aromatic N) is 2. The summed E-state index contributed by atoms with van der Waals surface area (Å²) in [5.41, 5.74) is 10.5. The molecule has 166 valence electrons. The number of nitrogens with one attached hydrogen (secondary N) is 1. The highest BCUT2D eigenvalue weighted by molar-refractivity contribution is 5.79. The molecule has 1 unspecified atom stereocenters. The summed E-state index contributed by atoms with van der Waals surface area (Å²) in [5.74, 6) is 1.19. The van der Waals surface area contributed by atoms with E-state index in [1.807, 2.05) is 30.3 Å². The second kappa shape index (κ2) is 10.1. The molecule has 2 heterocycles. The van der Waals surface area contributed by atoms with Crippen LogP contribution in [-0.2, 0) is 17.8 Å². The molecule has 3 N–H and O–H groups in total. The van der Waals surface area contributed by atoms with Gasteiger partial charge in [0.15, 0.2) is 0 Å². The highest BCUT2D eigenvalue weighted by Gasteiger charge is 2.26. The van der Waals surface area contributed by atoms with Gasteiger partial charge in [-0.25, -0.2) is 0 Å². The van der Waals surface area contributed by atoms with Crippen LogP contribution in [-0.4, -0.2) is 50.6 Å². The van der Waals surface area contributed by atoms with Crippen LogP contribution in [0, 0.1) is 5.92 Å². The third-order valence-corrected chi connectivity index (χ3v) is 6.51. The number of carbonyl (C=O) groups excluding carboxylic acids is 1. The van der Waals surface area contributed by atoms with Crippen molar-refractivity contribution in [1.29, 1.82) is 0 Å². The number of nitrogens with two attached hydrogens (primary N) is 1. The summed E-state index contributed by atoms with van der Waals surface area (Å²) in [4.78, 5) is 17.5. The standard InChI is InChI=1S/C25H34N4O2/c1-31-24-10-5-20-17-28(15-11-19(20)16-24)13-3-12-27-25(30)21-4-2-14-29(18-21)23-8-6-22(26)7-9-23/h5-10,16,21H,2-4,11-15,17-18,26H2,1H3,(H,27,30). The Bertz CT molecular complexity index is 884. The quantitative estimate of drug-likeness (QED) is 0.530. The fraction of sp³-hybridized carbons (Fsp3) is 0.480. The van der Waals surface area contributed by atoms with E-state index in [4.69, 9.17) is 10.5 Å². The van der Waals surface area contributed by atoms with Crippen LogP contribution in [0.25, 0.3) is 0 Å². The first kappa shape index (κ1) is 21.5. The van der Waals surface area contributed by atoms with E-state index in [1.54, 1.807) is 7.11 Å². The van der Waals surface area contributed by atoms with E-state index in [-0.39, 0.29) is 11.8 Å². The molecule has 1 amide bonds. The van der Waals surface area contributed by atoms with Crippen LogP contribution >= 0.6 is 0 Å². The van der Waals surface area contributed by atoms with Crippen molar-refractivity contribution in [2.75, 3.05) is 50.5 Å². The predicted molar refractivity (Wildman–Crippen MR) is 125 cm³/mol. The van der Waals surface area contributed by atoms with Crippen LogP contribution in [0.3, 0.4) is 0 Å². The zero-order valence-electron chi connectivity index (χ0n) is 18.5. The molecule has 2 aromatic rings. The van der Waals surface area contributed by atoms with E-state index in [1.165, 1.54) is 11.1 Å². The number of nitrogen functional groups attached to an aromatic ring is 1. The number of benzene rings is 2. The summed E-state index contributed by atoms with van der Waals surface area (Å²) in [7, 11) is 1.72. The summed E-state index contributed by atoms with van der Waals surface area (Å²) in [6.07, 6.45) is 4.04. The van der Waals surface area contributed by atoms with E-state index in [9.17, 15) is 4.79 Å². The number of anilines is 2. The van der Waals surface area contributed by atoms with Gasteiger partial charge in [-0.1, -0.05) is 6.07 Å². The number of carbonyl (C=O) groups is 1. The van der Waals surface area contributed by atoms with Crippen LogP contribution in [0.15, 0.2) is 42.5 Å². The Hall–Kier alpha value is -2.73. The van der Waals surface area contributed by atoms with Crippen LogP contribution < -0.4 is 20.7 Å². The highest BCUT2D eigenvalue weighted by atomic mass is 16.5. The van der Waals surface area contributed by atoms with E-state index < -0.39 is 0 Å². The lowest BCUT2D eigenvalue weighted by atomic mass is 9.96. The summed E-state index contributed by atoms with van der Waals surface area (Å²) < 4.78 is 5.33. The van der Waals surface area contributed by atoms with E-state index in [0.29, 0.717) is 0 Å². The van der Waals surface area contributed by atoms with Crippen molar-refractivity contribution in [3.05, 3.63) is 53.6 Å². The zero-order chi connectivity index (χ0) is 21.6. The van der Waals surface area contributed by atoms with Gasteiger partial charge in [0.25, 0.3) is 0 Å². The predicted octanol–water partition coefficient (Wildman–Crippen LogP) is 3.06. The Balaban J connectivity index is 1.19. The number of ether oxygens (including phenoxy) is 1. The number of amides is 1. The number of fused-ring (bicyclic) bond motifs is 1. The first-order valence-electron chi connectivity index (χ1n) is 11.4. The smallest absolute Gasteiger partial charge is 0.224 e. The van der Waals surface area contributed by atoms with Crippen LogP contribution in [0.1, 0.15) is 30.4 Å². The minimum atomic E-state index is 0.0585. The minimum absolute atomic E-state index is 0.0585. The van der Waals surface area contributed by atoms with E-state index >= 15 is 0 Å². The Labute approximate surface area is 185 Å². The molecule has 0 radical (unpaired) electrons. The number of methoxy groups -OCH3 is 1. The third-order valence-electron chi connectivity index (χ3n) is 6.51. The van der Waals surface area contributed by atoms with Crippen molar-refractivity contribution in [2.24, 2.45) is 5.92 Å².